The monoisotopic (exact) mass is 377 g/mol. The Bertz CT molecular complexity index is 728. The molecule has 0 radical (unpaired) electrons. The van der Waals surface area contributed by atoms with Crippen molar-refractivity contribution in [1.29, 1.82) is 0 Å². The first-order valence-corrected chi connectivity index (χ1v) is 9.34. The second-order valence-corrected chi connectivity index (χ2v) is 7.17. The van der Waals surface area contributed by atoms with Gasteiger partial charge in [-0.1, -0.05) is 25.1 Å². The number of rotatable bonds is 7. The fraction of sp³-hybridized carbons (Fsp3) is 0.421. The summed E-state index contributed by atoms with van der Waals surface area (Å²) in [5.41, 5.74) is 0.703. The van der Waals surface area contributed by atoms with Gasteiger partial charge in [0.15, 0.2) is 0 Å². The smallest absolute Gasteiger partial charge is 0.326 e. The quantitative estimate of drug-likeness (QED) is 0.531. The molecule has 2 rings (SSSR count). The molecule has 6 nitrogen and oxygen atoms in total. The van der Waals surface area contributed by atoms with Crippen LogP contribution in [-0.4, -0.2) is 40.8 Å². The van der Waals surface area contributed by atoms with Gasteiger partial charge < -0.3 is 9.47 Å². The average molecular weight is 377 g/mol. The van der Waals surface area contributed by atoms with Crippen molar-refractivity contribution in [3.05, 3.63) is 34.7 Å². The zero-order chi connectivity index (χ0) is 19.3. The van der Waals surface area contributed by atoms with Crippen molar-refractivity contribution in [3.8, 4) is 5.75 Å². The summed E-state index contributed by atoms with van der Waals surface area (Å²) in [7, 11) is 0. The Kier molecular flexibility index (Phi) is 6.85. The van der Waals surface area contributed by atoms with E-state index in [4.69, 9.17) is 9.47 Å². The Morgan fingerprint density at radius 2 is 1.92 bits per heavy atom. The van der Waals surface area contributed by atoms with Crippen molar-refractivity contribution in [2.45, 2.75) is 46.3 Å². The van der Waals surface area contributed by atoms with Crippen LogP contribution in [0.2, 0.25) is 0 Å². The topological polar surface area (TPSA) is 72.9 Å². The molecule has 1 heterocycles. The third kappa shape index (κ3) is 5.11. The van der Waals surface area contributed by atoms with Crippen LogP contribution < -0.4 is 4.74 Å². The summed E-state index contributed by atoms with van der Waals surface area (Å²) in [6, 6.07) is 7.28. The summed E-state index contributed by atoms with van der Waals surface area (Å²) in [5, 5.41) is -0.482. The number of thioether (sulfide) groups is 1. The normalized spacial score (nSPS) is 17.1. The van der Waals surface area contributed by atoms with E-state index in [9.17, 15) is 14.4 Å². The number of amides is 2. The van der Waals surface area contributed by atoms with Crippen LogP contribution in [0, 0.1) is 0 Å². The number of para-hydroxylation sites is 1. The maximum atomic E-state index is 12.5. The fourth-order valence-electron chi connectivity index (χ4n) is 2.21. The van der Waals surface area contributed by atoms with Gasteiger partial charge in [0.25, 0.3) is 11.1 Å². The van der Waals surface area contributed by atoms with Gasteiger partial charge >= 0.3 is 5.97 Å². The van der Waals surface area contributed by atoms with Crippen LogP contribution >= 0.6 is 11.8 Å². The Labute approximate surface area is 157 Å². The third-order valence-electron chi connectivity index (χ3n) is 3.64. The Morgan fingerprint density at radius 1 is 1.23 bits per heavy atom. The molecule has 140 valence electrons. The van der Waals surface area contributed by atoms with E-state index in [-0.39, 0.29) is 23.7 Å². The van der Waals surface area contributed by atoms with E-state index >= 15 is 0 Å². The number of hydrogen-bond acceptors (Lipinski definition) is 6. The molecular formula is C19H23NO5S. The Morgan fingerprint density at radius 3 is 2.58 bits per heavy atom. The summed E-state index contributed by atoms with van der Waals surface area (Å²) in [4.78, 5) is 37.7. The third-order valence-corrected chi connectivity index (χ3v) is 4.54. The molecule has 1 fully saturated rings. The van der Waals surface area contributed by atoms with Gasteiger partial charge in [0.05, 0.1) is 17.1 Å². The number of carbonyl (C=O) groups is 3. The van der Waals surface area contributed by atoms with Crippen LogP contribution in [0.5, 0.6) is 5.75 Å². The SMILES string of the molecule is CC[C@@H](C)OC(=O)CN1C(=O)S/C(=C\c2ccccc2OC(C)C)C1=O. The first-order valence-electron chi connectivity index (χ1n) is 8.52. The molecule has 0 unspecified atom stereocenters. The predicted octanol–water partition coefficient (Wildman–Crippen LogP) is 3.85. The minimum Gasteiger partial charge on any atom is -0.490 e. The maximum Gasteiger partial charge on any atom is 0.326 e. The second-order valence-electron chi connectivity index (χ2n) is 6.18. The highest BCUT2D eigenvalue weighted by molar-refractivity contribution is 8.18. The molecule has 0 N–H and O–H groups in total. The lowest BCUT2D eigenvalue weighted by atomic mass is 10.2. The second kappa shape index (κ2) is 8.89. The molecule has 1 aromatic carbocycles. The van der Waals surface area contributed by atoms with Gasteiger partial charge in [-0.25, -0.2) is 0 Å². The van der Waals surface area contributed by atoms with Crippen LogP contribution in [0.15, 0.2) is 29.2 Å². The van der Waals surface area contributed by atoms with Crippen molar-refractivity contribution in [3.63, 3.8) is 0 Å². The van der Waals surface area contributed by atoms with Crippen LogP contribution in [-0.2, 0) is 14.3 Å². The Hall–Kier alpha value is -2.28. The number of esters is 1. The summed E-state index contributed by atoms with van der Waals surface area (Å²) >= 11 is 0.806. The van der Waals surface area contributed by atoms with E-state index in [1.807, 2.05) is 39.0 Å². The molecule has 1 aliphatic rings. The number of hydrogen-bond donors (Lipinski definition) is 0. The lowest BCUT2D eigenvalue weighted by Gasteiger charge is -2.15. The summed E-state index contributed by atoms with van der Waals surface area (Å²) in [5.74, 6) is -0.461. The van der Waals surface area contributed by atoms with Gasteiger partial charge in [-0.3, -0.25) is 19.3 Å². The van der Waals surface area contributed by atoms with Gasteiger partial charge in [-0.15, -0.1) is 0 Å². The fourth-order valence-corrected chi connectivity index (χ4v) is 3.04. The zero-order valence-corrected chi connectivity index (χ0v) is 16.2. The molecule has 0 aromatic heterocycles. The molecule has 2 amide bonds. The van der Waals surface area contributed by atoms with Crippen molar-refractivity contribution in [1.82, 2.24) is 4.90 Å². The number of benzene rings is 1. The molecule has 1 aromatic rings. The van der Waals surface area contributed by atoms with E-state index in [2.05, 4.69) is 0 Å². The summed E-state index contributed by atoms with van der Waals surface area (Å²) < 4.78 is 10.9. The Balaban J connectivity index is 2.16. The molecule has 0 spiro atoms. The van der Waals surface area contributed by atoms with Gasteiger partial charge in [0.2, 0.25) is 0 Å². The van der Waals surface area contributed by atoms with Crippen LogP contribution in [0.4, 0.5) is 4.79 Å². The highest BCUT2D eigenvalue weighted by Crippen LogP contribution is 2.34. The number of ether oxygens (including phenoxy) is 2. The highest BCUT2D eigenvalue weighted by Gasteiger charge is 2.37. The largest absolute Gasteiger partial charge is 0.490 e. The number of carbonyl (C=O) groups excluding carboxylic acids is 3. The first kappa shape index (κ1) is 20.0. The molecule has 0 bridgehead atoms. The van der Waals surface area contributed by atoms with Gasteiger partial charge in [0, 0.05) is 5.56 Å². The van der Waals surface area contributed by atoms with E-state index < -0.39 is 17.1 Å². The van der Waals surface area contributed by atoms with Crippen molar-refractivity contribution in [2.75, 3.05) is 6.54 Å². The molecule has 0 aliphatic carbocycles. The lowest BCUT2D eigenvalue weighted by molar-refractivity contribution is -0.150. The van der Waals surface area contributed by atoms with E-state index in [0.29, 0.717) is 17.7 Å². The summed E-state index contributed by atoms with van der Waals surface area (Å²) in [6.07, 6.45) is 2.01. The predicted molar refractivity (Wildman–Crippen MR) is 101 cm³/mol. The molecule has 1 aliphatic heterocycles. The van der Waals surface area contributed by atoms with Crippen molar-refractivity contribution < 1.29 is 23.9 Å². The number of nitrogens with zero attached hydrogens (tertiary/aromatic N) is 1. The standard InChI is InChI=1S/C19H23NO5S/c1-5-13(4)25-17(21)11-20-18(22)16(26-19(20)23)10-14-8-6-7-9-15(14)24-12(2)3/h6-10,12-13H,5,11H2,1-4H3/b16-10-/t13-/m1/s1. The van der Waals surface area contributed by atoms with Crippen molar-refractivity contribution >= 4 is 35.0 Å². The summed E-state index contributed by atoms with van der Waals surface area (Å²) in [6.45, 7) is 7.09. The molecular weight excluding hydrogens is 354 g/mol. The minimum absolute atomic E-state index is 0.0186. The number of imide groups is 1. The van der Waals surface area contributed by atoms with Crippen LogP contribution in [0.3, 0.4) is 0 Å². The van der Waals surface area contributed by atoms with E-state index in [1.165, 1.54) is 0 Å². The molecule has 1 saturated heterocycles. The lowest BCUT2D eigenvalue weighted by Crippen LogP contribution is -2.35. The molecule has 7 heteroatoms. The van der Waals surface area contributed by atoms with E-state index in [1.54, 1.807) is 19.1 Å². The maximum absolute atomic E-state index is 12.5. The zero-order valence-electron chi connectivity index (χ0n) is 15.4. The average Bonchev–Trinajstić information content (AvgIpc) is 2.83. The van der Waals surface area contributed by atoms with Crippen molar-refractivity contribution in [2.24, 2.45) is 0 Å². The van der Waals surface area contributed by atoms with Crippen LogP contribution in [0.25, 0.3) is 6.08 Å². The van der Waals surface area contributed by atoms with E-state index in [0.717, 1.165) is 16.7 Å². The highest BCUT2D eigenvalue weighted by atomic mass is 32.2. The molecule has 26 heavy (non-hydrogen) atoms. The van der Waals surface area contributed by atoms with Gasteiger partial charge in [0.1, 0.15) is 12.3 Å². The molecule has 1 atom stereocenters. The minimum atomic E-state index is -0.591. The van der Waals surface area contributed by atoms with Gasteiger partial charge in [-0.05, 0) is 51.1 Å². The van der Waals surface area contributed by atoms with Crippen LogP contribution in [0.1, 0.15) is 39.7 Å². The first-order chi connectivity index (χ1) is 12.3. The van der Waals surface area contributed by atoms with Gasteiger partial charge in [-0.2, -0.15) is 0 Å². The molecule has 0 saturated carbocycles.